The molecular weight excluding hydrogens is 323 g/mol. The summed E-state index contributed by atoms with van der Waals surface area (Å²) in [6.07, 6.45) is -4.33. The lowest BCUT2D eigenvalue weighted by Crippen LogP contribution is -2.33. The first-order chi connectivity index (χ1) is 10.1. The van der Waals surface area contributed by atoms with Crippen molar-refractivity contribution in [2.45, 2.75) is 24.5 Å². The second kappa shape index (κ2) is 5.93. The van der Waals surface area contributed by atoms with E-state index in [2.05, 4.69) is 9.51 Å². The zero-order chi connectivity index (χ0) is 16.7. The summed E-state index contributed by atoms with van der Waals surface area (Å²) in [6, 6.07) is 0. The fourth-order valence-corrected chi connectivity index (χ4v) is 2.37. The minimum Gasteiger partial charge on any atom is -0.387 e. The first kappa shape index (κ1) is 16.8. The summed E-state index contributed by atoms with van der Waals surface area (Å²) in [7, 11) is -4.75. The second-order valence-corrected chi connectivity index (χ2v) is 5.82. The van der Waals surface area contributed by atoms with Crippen LogP contribution in [-0.2, 0) is 13.8 Å². The highest BCUT2D eigenvalue weighted by atomic mass is 31.2. The SMILES string of the molecule is NC(=O)c1ncn([C@@H]2O[C@@H](COP(=O)(O)O)[C@@H](O)[C@H]2O)c1N. The van der Waals surface area contributed by atoms with Crippen molar-refractivity contribution in [2.24, 2.45) is 5.73 Å². The number of carbonyl (C=O) groups is 1. The summed E-state index contributed by atoms with van der Waals surface area (Å²) in [4.78, 5) is 32.0. The number of primary amides is 1. The maximum Gasteiger partial charge on any atom is 0.469 e. The van der Waals surface area contributed by atoms with E-state index in [0.717, 1.165) is 10.9 Å². The number of hydrogen-bond donors (Lipinski definition) is 6. The molecule has 1 aliphatic heterocycles. The molecular formula is C9H15N4O8P. The largest absolute Gasteiger partial charge is 0.469 e. The second-order valence-electron chi connectivity index (χ2n) is 4.58. The molecule has 124 valence electrons. The topological polar surface area (TPSA) is 203 Å². The number of aromatic nitrogens is 2. The highest BCUT2D eigenvalue weighted by Crippen LogP contribution is 2.38. The molecule has 1 amide bonds. The Morgan fingerprint density at radius 2 is 2.09 bits per heavy atom. The summed E-state index contributed by atoms with van der Waals surface area (Å²) in [5, 5.41) is 19.8. The highest BCUT2D eigenvalue weighted by molar-refractivity contribution is 7.46. The van der Waals surface area contributed by atoms with Crippen molar-refractivity contribution in [1.29, 1.82) is 0 Å². The standard InChI is InChI=1S/C9H15N4O8P/c10-7-4(8(11)16)12-2-13(7)9-6(15)5(14)3(21-9)1-20-22(17,18)19/h2-3,5-6,9,14-15H,1,10H2,(H2,11,16)(H2,17,18,19)/t3-,5+,6+,9+/m0/s1. The summed E-state index contributed by atoms with van der Waals surface area (Å²) < 4.78 is 21.2. The van der Waals surface area contributed by atoms with Gasteiger partial charge in [-0.3, -0.25) is 13.9 Å². The number of anilines is 1. The number of aliphatic hydroxyl groups excluding tert-OH is 2. The van der Waals surface area contributed by atoms with E-state index in [-0.39, 0.29) is 11.5 Å². The molecule has 0 spiro atoms. The molecule has 12 nitrogen and oxygen atoms in total. The highest BCUT2D eigenvalue weighted by Gasteiger charge is 2.45. The molecule has 2 rings (SSSR count). The smallest absolute Gasteiger partial charge is 0.387 e. The van der Waals surface area contributed by atoms with Crippen LogP contribution in [0, 0.1) is 0 Å². The average molecular weight is 338 g/mol. The third-order valence-corrected chi connectivity index (χ3v) is 3.57. The number of carbonyl (C=O) groups excluding carboxylic acids is 1. The Morgan fingerprint density at radius 1 is 1.45 bits per heavy atom. The molecule has 0 unspecified atom stereocenters. The lowest BCUT2D eigenvalue weighted by Gasteiger charge is -2.17. The van der Waals surface area contributed by atoms with E-state index in [1.807, 2.05) is 0 Å². The molecule has 0 aliphatic carbocycles. The van der Waals surface area contributed by atoms with Crippen LogP contribution < -0.4 is 11.5 Å². The number of rotatable bonds is 5. The minimum atomic E-state index is -4.75. The lowest BCUT2D eigenvalue weighted by molar-refractivity contribution is -0.0510. The molecule has 13 heteroatoms. The van der Waals surface area contributed by atoms with E-state index in [1.165, 1.54) is 0 Å². The van der Waals surface area contributed by atoms with Crippen LogP contribution in [0.25, 0.3) is 0 Å². The molecule has 1 aliphatic rings. The van der Waals surface area contributed by atoms with Gasteiger partial charge < -0.3 is 36.2 Å². The molecule has 8 N–H and O–H groups in total. The Morgan fingerprint density at radius 3 is 2.59 bits per heavy atom. The van der Waals surface area contributed by atoms with Gasteiger partial charge in [0.1, 0.15) is 24.1 Å². The van der Waals surface area contributed by atoms with Gasteiger partial charge in [0.15, 0.2) is 11.9 Å². The summed E-state index contributed by atoms with van der Waals surface area (Å²) in [5.41, 5.74) is 10.5. The lowest BCUT2D eigenvalue weighted by atomic mass is 10.1. The summed E-state index contributed by atoms with van der Waals surface area (Å²) in [5.74, 6) is -1.06. The van der Waals surface area contributed by atoms with Crippen LogP contribution in [0.4, 0.5) is 5.82 Å². The average Bonchev–Trinajstić information content (AvgIpc) is 2.90. The van der Waals surface area contributed by atoms with Crippen molar-refractivity contribution in [2.75, 3.05) is 12.3 Å². The number of amides is 1. The molecule has 22 heavy (non-hydrogen) atoms. The van der Waals surface area contributed by atoms with Gasteiger partial charge in [-0.15, -0.1) is 0 Å². The van der Waals surface area contributed by atoms with E-state index >= 15 is 0 Å². The zero-order valence-electron chi connectivity index (χ0n) is 11.0. The molecule has 1 saturated heterocycles. The van der Waals surface area contributed by atoms with Crippen LogP contribution in [0.1, 0.15) is 16.7 Å². The molecule has 1 fully saturated rings. The van der Waals surface area contributed by atoms with Gasteiger partial charge in [0, 0.05) is 0 Å². The molecule has 1 aromatic heterocycles. The van der Waals surface area contributed by atoms with Crippen molar-refractivity contribution >= 4 is 19.5 Å². The van der Waals surface area contributed by atoms with Gasteiger partial charge in [-0.05, 0) is 0 Å². The van der Waals surface area contributed by atoms with Crippen molar-refractivity contribution in [3.8, 4) is 0 Å². The third-order valence-electron chi connectivity index (χ3n) is 3.08. The first-order valence-corrected chi connectivity index (χ1v) is 7.48. The normalized spacial score (nSPS) is 28.9. The van der Waals surface area contributed by atoms with E-state index in [9.17, 15) is 19.6 Å². The van der Waals surface area contributed by atoms with E-state index < -0.39 is 44.9 Å². The van der Waals surface area contributed by atoms with Crippen LogP contribution in [0.2, 0.25) is 0 Å². The zero-order valence-corrected chi connectivity index (χ0v) is 11.9. The molecule has 0 saturated carbocycles. The fourth-order valence-electron chi connectivity index (χ4n) is 2.03. The van der Waals surface area contributed by atoms with Crippen molar-refractivity contribution in [3.05, 3.63) is 12.0 Å². The van der Waals surface area contributed by atoms with Gasteiger partial charge in [0.25, 0.3) is 5.91 Å². The van der Waals surface area contributed by atoms with Crippen molar-refractivity contribution < 1.29 is 38.6 Å². The number of hydrogen-bond acceptors (Lipinski definition) is 8. The molecule has 1 aromatic rings. The fraction of sp³-hybridized carbons (Fsp3) is 0.556. The van der Waals surface area contributed by atoms with Gasteiger partial charge in [0.2, 0.25) is 0 Å². The van der Waals surface area contributed by atoms with Crippen LogP contribution >= 0.6 is 7.82 Å². The predicted molar refractivity (Wildman–Crippen MR) is 69.1 cm³/mol. The van der Waals surface area contributed by atoms with Crippen molar-refractivity contribution in [1.82, 2.24) is 9.55 Å². The van der Waals surface area contributed by atoms with Gasteiger partial charge in [-0.25, -0.2) is 9.55 Å². The first-order valence-electron chi connectivity index (χ1n) is 5.95. The molecule has 0 aromatic carbocycles. The summed E-state index contributed by atoms with van der Waals surface area (Å²) in [6.45, 7) is -0.656. The number of aliphatic hydroxyl groups is 2. The Kier molecular flexibility index (Phi) is 4.54. The van der Waals surface area contributed by atoms with Crippen LogP contribution in [0.15, 0.2) is 6.33 Å². The maximum atomic E-state index is 11.1. The number of nitrogens with two attached hydrogens (primary N) is 2. The van der Waals surface area contributed by atoms with Crippen molar-refractivity contribution in [3.63, 3.8) is 0 Å². The summed E-state index contributed by atoms with van der Waals surface area (Å²) >= 11 is 0. The molecule has 2 heterocycles. The Hall–Kier alpha value is -1.53. The molecule has 0 bridgehead atoms. The van der Waals surface area contributed by atoms with Gasteiger partial charge in [0.05, 0.1) is 12.9 Å². The Bertz CT molecular complexity index is 615. The van der Waals surface area contributed by atoms with Gasteiger partial charge in [-0.1, -0.05) is 0 Å². The number of phosphoric ester groups is 1. The molecule has 0 radical (unpaired) electrons. The number of imidazole rings is 1. The van der Waals surface area contributed by atoms with E-state index in [0.29, 0.717) is 0 Å². The van der Waals surface area contributed by atoms with Crippen LogP contribution in [0.5, 0.6) is 0 Å². The van der Waals surface area contributed by atoms with Gasteiger partial charge >= 0.3 is 7.82 Å². The predicted octanol–water partition coefficient (Wildman–Crippen LogP) is -2.71. The minimum absolute atomic E-state index is 0.180. The van der Waals surface area contributed by atoms with Crippen LogP contribution in [0.3, 0.4) is 0 Å². The quantitative estimate of drug-likeness (QED) is 0.306. The van der Waals surface area contributed by atoms with Crippen LogP contribution in [-0.4, -0.2) is 60.4 Å². The molecule has 4 atom stereocenters. The van der Waals surface area contributed by atoms with E-state index in [4.69, 9.17) is 26.0 Å². The number of nitrogen functional groups attached to an aromatic ring is 1. The maximum absolute atomic E-state index is 11.1. The number of nitrogens with zero attached hydrogens (tertiary/aromatic N) is 2. The third kappa shape index (κ3) is 3.28. The number of ether oxygens (including phenoxy) is 1. The Labute approximate surface area is 123 Å². The van der Waals surface area contributed by atoms with E-state index in [1.54, 1.807) is 0 Å². The monoisotopic (exact) mass is 338 g/mol. The number of phosphoric acid groups is 1. The Balaban J connectivity index is 2.16. The van der Waals surface area contributed by atoms with Gasteiger partial charge in [-0.2, -0.15) is 0 Å².